The van der Waals surface area contributed by atoms with Crippen LogP contribution in [0, 0.1) is 0 Å². The Labute approximate surface area is 118 Å². The zero-order valence-corrected chi connectivity index (χ0v) is 12.1. The zero-order valence-electron chi connectivity index (χ0n) is 10.5. The highest BCUT2D eigenvalue weighted by atomic mass is 35.5. The minimum absolute atomic E-state index is 0.219. The Morgan fingerprint density at radius 3 is 2.37 bits per heavy atom. The van der Waals surface area contributed by atoms with E-state index in [2.05, 4.69) is 9.88 Å². The van der Waals surface area contributed by atoms with Crippen LogP contribution < -0.4 is 0 Å². The van der Waals surface area contributed by atoms with E-state index < -0.39 is 10.0 Å². The van der Waals surface area contributed by atoms with Gasteiger partial charge in [0.2, 0.25) is 10.0 Å². The Kier molecular flexibility index (Phi) is 3.51. The summed E-state index contributed by atoms with van der Waals surface area (Å²) in [6, 6.07) is 3.72. The number of aromatic nitrogens is 1. The Hall–Kier alpha value is -0.690. The summed E-state index contributed by atoms with van der Waals surface area (Å²) in [4.78, 5) is 6.44. The molecule has 1 aromatic rings. The van der Waals surface area contributed by atoms with Crippen molar-refractivity contribution in [2.45, 2.75) is 23.8 Å². The van der Waals surface area contributed by atoms with E-state index in [1.165, 1.54) is 35.5 Å². The third-order valence-electron chi connectivity index (χ3n) is 3.67. The van der Waals surface area contributed by atoms with Crippen molar-refractivity contribution < 1.29 is 8.42 Å². The molecule has 1 saturated heterocycles. The van der Waals surface area contributed by atoms with Gasteiger partial charge in [0.05, 0.1) is 0 Å². The molecule has 104 valence electrons. The average Bonchev–Trinajstić information content (AvgIpc) is 3.24. The van der Waals surface area contributed by atoms with E-state index in [1.807, 2.05) is 0 Å². The van der Waals surface area contributed by atoms with Crippen molar-refractivity contribution in [2.24, 2.45) is 0 Å². The summed E-state index contributed by atoms with van der Waals surface area (Å²) in [5, 5.41) is 0.303. The lowest BCUT2D eigenvalue weighted by atomic mass is 10.3. The Morgan fingerprint density at radius 1 is 1.16 bits per heavy atom. The smallest absolute Gasteiger partial charge is 0.244 e. The number of hydrogen-bond acceptors (Lipinski definition) is 4. The molecule has 0 N–H and O–H groups in total. The fourth-order valence-electron chi connectivity index (χ4n) is 2.41. The van der Waals surface area contributed by atoms with Crippen molar-refractivity contribution in [3.63, 3.8) is 0 Å². The number of piperazine rings is 1. The van der Waals surface area contributed by atoms with Crippen LogP contribution in [0.1, 0.15) is 12.8 Å². The molecule has 1 aliphatic heterocycles. The van der Waals surface area contributed by atoms with Gasteiger partial charge in [-0.15, -0.1) is 0 Å². The Balaban J connectivity index is 1.72. The first-order valence-electron chi connectivity index (χ1n) is 6.43. The highest BCUT2D eigenvalue weighted by Crippen LogP contribution is 2.28. The van der Waals surface area contributed by atoms with E-state index in [0.717, 1.165) is 13.1 Å². The number of nitrogens with zero attached hydrogens (tertiary/aromatic N) is 3. The second-order valence-corrected chi connectivity index (χ2v) is 7.31. The molecule has 0 aromatic carbocycles. The predicted molar refractivity (Wildman–Crippen MR) is 72.6 cm³/mol. The molecular formula is C12H16ClN3O2S. The van der Waals surface area contributed by atoms with Gasteiger partial charge in [0, 0.05) is 38.4 Å². The molecular weight excluding hydrogens is 286 g/mol. The highest BCUT2D eigenvalue weighted by Gasteiger charge is 2.34. The van der Waals surface area contributed by atoms with Crippen molar-refractivity contribution in [1.82, 2.24) is 14.2 Å². The second-order valence-electron chi connectivity index (χ2n) is 4.99. The summed E-state index contributed by atoms with van der Waals surface area (Å²) in [5.41, 5.74) is 0. The van der Waals surface area contributed by atoms with Crippen molar-refractivity contribution in [1.29, 1.82) is 0 Å². The van der Waals surface area contributed by atoms with Crippen molar-refractivity contribution >= 4 is 21.6 Å². The van der Waals surface area contributed by atoms with Crippen LogP contribution in [0.3, 0.4) is 0 Å². The summed E-state index contributed by atoms with van der Waals surface area (Å²) in [7, 11) is -3.42. The summed E-state index contributed by atoms with van der Waals surface area (Å²) < 4.78 is 26.4. The number of sulfonamides is 1. The van der Waals surface area contributed by atoms with Crippen LogP contribution in [0.15, 0.2) is 23.2 Å². The fraction of sp³-hybridized carbons (Fsp3) is 0.583. The number of rotatable bonds is 3. The lowest BCUT2D eigenvalue weighted by Crippen LogP contribution is -2.49. The van der Waals surface area contributed by atoms with Crippen molar-refractivity contribution in [3.05, 3.63) is 23.5 Å². The zero-order chi connectivity index (χ0) is 13.5. The molecule has 2 aliphatic rings. The molecule has 2 heterocycles. The maximum Gasteiger partial charge on any atom is 0.244 e. The van der Waals surface area contributed by atoms with Crippen LogP contribution in [0.25, 0.3) is 0 Å². The standard InChI is InChI=1S/C12H16ClN3O2S/c13-12-4-3-11(9-14-12)19(17,18)16-7-5-15(6-8-16)10-1-2-10/h3-4,9-10H,1-2,5-8H2. The van der Waals surface area contributed by atoms with E-state index >= 15 is 0 Å². The summed E-state index contributed by atoms with van der Waals surface area (Å²) in [6.07, 6.45) is 3.84. The molecule has 1 aliphatic carbocycles. The maximum absolute atomic E-state index is 12.4. The average molecular weight is 302 g/mol. The molecule has 5 nitrogen and oxygen atoms in total. The summed E-state index contributed by atoms with van der Waals surface area (Å²) >= 11 is 5.68. The van der Waals surface area contributed by atoms with Crippen LogP contribution in [0.2, 0.25) is 5.15 Å². The number of hydrogen-bond donors (Lipinski definition) is 0. The Morgan fingerprint density at radius 2 is 1.84 bits per heavy atom. The molecule has 3 rings (SSSR count). The van der Waals surface area contributed by atoms with Gasteiger partial charge in [-0.05, 0) is 25.0 Å². The minimum Gasteiger partial charge on any atom is -0.298 e. The van der Waals surface area contributed by atoms with Crippen LogP contribution >= 0.6 is 11.6 Å². The SMILES string of the molecule is O=S(=O)(c1ccc(Cl)nc1)N1CCN(C2CC2)CC1. The molecule has 0 unspecified atom stereocenters. The first-order valence-corrected chi connectivity index (χ1v) is 8.25. The normalized spacial score (nSPS) is 22.6. The molecule has 0 radical (unpaired) electrons. The Bertz CT molecular complexity index is 549. The highest BCUT2D eigenvalue weighted by molar-refractivity contribution is 7.89. The van der Waals surface area contributed by atoms with Gasteiger partial charge in [-0.1, -0.05) is 11.6 Å². The summed E-state index contributed by atoms with van der Waals surface area (Å²) in [6.45, 7) is 2.76. The van der Waals surface area contributed by atoms with Crippen LogP contribution in [-0.4, -0.2) is 54.8 Å². The van der Waals surface area contributed by atoms with Crippen molar-refractivity contribution in [3.8, 4) is 0 Å². The van der Waals surface area contributed by atoms with E-state index in [0.29, 0.717) is 24.3 Å². The molecule has 7 heteroatoms. The van der Waals surface area contributed by atoms with E-state index in [1.54, 1.807) is 0 Å². The molecule has 2 fully saturated rings. The summed E-state index contributed by atoms with van der Waals surface area (Å²) in [5.74, 6) is 0. The third kappa shape index (κ3) is 2.76. The molecule has 0 spiro atoms. The molecule has 1 saturated carbocycles. The predicted octanol–water partition coefficient (Wildman–Crippen LogP) is 1.20. The van der Waals surface area contributed by atoms with Gasteiger partial charge in [-0.3, -0.25) is 4.90 Å². The molecule has 0 bridgehead atoms. The van der Waals surface area contributed by atoms with Gasteiger partial charge in [-0.25, -0.2) is 13.4 Å². The largest absolute Gasteiger partial charge is 0.298 e. The lowest BCUT2D eigenvalue weighted by molar-refractivity contribution is 0.180. The first-order chi connectivity index (χ1) is 9.07. The lowest BCUT2D eigenvalue weighted by Gasteiger charge is -2.33. The third-order valence-corrected chi connectivity index (χ3v) is 5.78. The van der Waals surface area contributed by atoms with Gasteiger partial charge in [0.15, 0.2) is 0 Å². The van der Waals surface area contributed by atoms with Gasteiger partial charge in [0.25, 0.3) is 0 Å². The van der Waals surface area contributed by atoms with Crippen molar-refractivity contribution in [2.75, 3.05) is 26.2 Å². The monoisotopic (exact) mass is 301 g/mol. The second kappa shape index (κ2) is 5.01. The minimum atomic E-state index is -3.42. The van der Waals surface area contributed by atoms with Gasteiger partial charge in [0.1, 0.15) is 10.0 Å². The van der Waals surface area contributed by atoms with Crippen LogP contribution in [-0.2, 0) is 10.0 Å². The van der Waals surface area contributed by atoms with Crippen LogP contribution in [0.5, 0.6) is 0 Å². The fourth-order valence-corrected chi connectivity index (χ4v) is 3.89. The maximum atomic E-state index is 12.4. The van der Waals surface area contributed by atoms with E-state index in [-0.39, 0.29) is 4.90 Å². The number of halogens is 1. The first kappa shape index (κ1) is 13.3. The molecule has 0 amide bonds. The topological polar surface area (TPSA) is 53.5 Å². The van der Waals surface area contributed by atoms with E-state index in [4.69, 9.17) is 11.6 Å². The van der Waals surface area contributed by atoms with Gasteiger partial charge in [-0.2, -0.15) is 4.31 Å². The van der Waals surface area contributed by atoms with E-state index in [9.17, 15) is 8.42 Å². The van der Waals surface area contributed by atoms with Crippen LogP contribution in [0.4, 0.5) is 0 Å². The molecule has 19 heavy (non-hydrogen) atoms. The molecule has 1 aromatic heterocycles. The molecule has 0 atom stereocenters. The van der Waals surface area contributed by atoms with Gasteiger partial charge < -0.3 is 0 Å². The van der Waals surface area contributed by atoms with Gasteiger partial charge >= 0.3 is 0 Å². The number of pyridine rings is 1. The quantitative estimate of drug-likeness (QED) is 0.787.